The van der Waals surface area contributed by atoms with E-state index in [1.54, 1.807) is 13.0 Å². The Morgan fingerprint density at radius 1 is 1.22 bits per heavy atom. The van der Waals surface area contributed by atoms with Gasteiger partial charge in [-0.25, -0.2) is 8.78 Å². The second-order valence-corrected chi connectivity index (χ2v) is 12.2. The Labute approximate surface area is 236 Å². The van der Waals surface area contributed by atoms with Crippen molar-refractivity contribution in [2.45, 2.75) is 45.1 Å². The molecule has 2 unspecified atom stereocenters. The Bertz CT molecular complexity index is 1700. The maximum Gasteiger partial charge on any atom is 0.319 e. The smallest absolute Gasteiger partial charge is 0.319 e. The summed E-state index contributed by atoms with van der Waals surface area (Å²) in [5.41, 5.74) is -0.155. The third kappa shape index (κ3) is 4.44. The van der Waals surface area contributed by atoms with E-state index in [-0.39, 0.29) is 33.9 Å². The van der Waals surface area contributed by atoms with Crippen molar-refractivity contribution in [1.29, 1.82) is 0 Å². The first-order valence-corrected chi connectivity index (χ1v) is 14.3. The number of benzene rings is 2. The third-order valence-corrected chi connectivity index (χ3v) is 9.09. The number of β-amino-alcohol motifs (C(OH)–C–C–N with tert-alkyl or cyclic N) is 1. The Balaban J connectivity index is 1.40. The largest absolute Gasteiger partial charge is 0.508 e. The fourth-order valence-electron chi connectivity index (χ4n) is 6.82. The number of aryl methyl sites for hydroxylation is 1. The zero-order chi connectivity index (χ0) is 28.5. The molecule has 214 valence electrons. The number of aromatic hydroxyl groups is 1. The van der Waals surface area contributed by atoms with Gasteiger partial charge < -0.3 is 25.2 Å². The van der Waals surface area contributed by atoms with E-state index in [0.29, 0.717) is 66.0 Å². The molecule has 0 amide bonds. The topological polar surface area (TPSA) is 104 Å². The molecule has 7 rings (SSSR count). The lowest BCUT2D eigenvalue weighted by Crippen LogP contribution is -2.46. The lowest BCUT2D eigenvalue weighted by molar-refractivity contribution is 0.0447. The number of halogens is 2. The molecule has 0 spiro atoms. The molecule has 2 aliphatic heterocycles. The van der Waals surface area contributed by atoms with Gasteiger partial charge in [0.15, 0.2) is 5.82 Å². The first-order chi connectivity index (χ1) is 19.7. The van der Waals surface area contributed by atoms with Crippen LogP contribution in [0, 0.1) is 23.0 Å². The number of rotatable bonds is 6. The number of nitrogens with zero attached hydrogens (tertiary/aromatic N) is 4. The Kier molecular flexibility index (Phi) is 6.06. The van der Waals surface area contributed by atoms with Crippen molar-refractivity contribution in [1.82, 2.24) is 20.3 Å². The van der Waals surface area contributed by atoms with Crippen LogP contribution in [0.4, 0.5) is 14.6 Å². The maximum atomic E-state index is 16.6. The number of hydrogen-bond donors (Lipinski definition) is 3. The van der Waals surface area contributed by atoms with Gasteiger partial charge in [0.05, 0.1) is 17.6 Å². The van der Waals surface area contributed by atoms with Crippen LogP contribution in [0.2, 0.25) is 0 Å². The average Bonchev–Trinajstić information content (AvgIpc) is 3.49. The van der Waals surface area contributed by atoms with Gasteiger partial charge in [0, 0.05) is 36.8 Å². The van der Waals surface area contributed by atoms with Gasteiger partial charge in [-0.15, -0.1) is 0 Å². The number of aromatic nitrogens is 3. The van der Waals surface area contributed by atoms with Crippen molar-refractivity contribution in [3.8, 4) is 23.0 Å². The summed E-state index contributed by atoms with van der Waals surface area (Å²) in [5, 5.41) is 26.2. The van der Waals surface area contributed by atoms with E-state index in [9.17, 15) is 14.6 Å². The van der Waals surface area contributed by atoms with Crippen LogP contribution < -0.4 is 15.0 Å². The van der Waals surface area contributed by atoms with Crippen LogP contribution in [0.5, 0.6) is 11.8 Å². The van der Waals surface area contributed by atoms with Gasteiger partial charge in [0.2, 0.25) is 0 Å². The highest BCUT2D eigenvalue weighted by atomic mass is 19.1. The molecule has 2 aromatic carbocycles. The number of nitrogens with one attached hydrogen (secondary N) is 1. The van der Waals surface area contributed by atoms with Crippen molar-refractivity contribution in [2.75, 3.05) is 37.7 Å². The zero-order valence-electron chi connectivity index (χ0n) is 23.2. The molecule has 2 aromatic heterocycles. The standard InChI is InChI=1S/C31H33F2N5O3/c1-3-20-23(32)6-5-17-9-19(39)10-21(24(17)20)26-25(33)27-22(13-35-26)28(38-8-4-7-30(2,40)15-38)37-29(36-27)41-16-31-11-18(31)12-34-14-31/h5-6,9-10,13,18,34,39-40H,3-4,7-8,11-12,14-16H2,1-2H3/t18?,30-,31?/m1/s1. The number of ether oxygens (including phenoxy) is 1. The van der Waals surface area contributed by atoms with E-state index in [4.69, 9.17) is 9.72 Å². The monoisotopic (exact) mass is 561 g/mol. The highest BCUT2D eigenvalue weighted by Crippen LogP contribution is 2.55. The van der Waals surface area contributed by atoms with Gasteiger partial charge in [-0.3, -0.25) is 4.98 Å². The molecule has 1 saturated carbocycles. The number of aliphatic hydroxyl groups is 1. The molecule has 41 heavy (non-hydrogen) atoms. The molecule has 0 radical (unpaired) electrons. The molecule has 3 aliphatic rings. The van der Waals surface area contributed by atoms with Gasteiger partial charge in [-0.05, 0) is 79.6 Å². The molecular weight excluding hydrogens is 528 g/mol. The predicted molar refractivity (Wildman–Crippen MR) is 152 cm³/mol. The van der Waals surface area contributed by atoms with Crippen molar-refractivity contribution in [2.24, 2.45) is 11.3 Å². The summed E-state index contributed by atoms with van der Waals surface area (Å²) in [6.07, 6.45) is 4.39. The van der Waals surface area contributed by atoms with E-state index in [2.05, 4.69) is 15.3 Å². The minimum Gasteiger partial charge on any atom is -0.508 e. The minimum atomic E-state index is -0.917. The molecule has 4 heterocycles. The first-order valence-electron chi connectivity index (χ1n) is 14.3. The number of phenols is 1. The SMILES string of the molecule is CCc1c(F)ccc2cc(O)cc(-c3ncc4c(N5CCC[C@@](C)(O)C5)nc(OCC56CNCC5C6)nc4c3F)c12. The van der Waals surface area contributed by atoms with Crippen LogP contribution in [0.1, 0.15) is 38.7 Å². The van der Waals surface area contributed by atoms with E-state index in [1.807, 2.05) is 11.8 Å². The van der Waals surface area contributed by atoms with Crippen molar-refractivity contribution >= 4 is 27.5 Å². The van der Waals surface area contributed by atoms with Gasteiger partial charge in [0.25, 0.3) is 0 Å². The molecule has 8 nitrogen and oxygen atoms in total. The van der Waals surface area contributed by atoms with E-state index >= 15 is 4.39 Å². The first kappa shape index (κ1) is 26.3. The number of anilines is 1. The van der Waals surface area contributed by atoms with Crippen molar-refractivity contribution in [3.63, 3.8) is 0 Å². The lowest BCUT2D eigenvalue weighted by atomic mass is 9.94. The second-order valence-electron chi connectivity index (χ2n) is 12.2. The number of piperidine rings is 2. The number of phenolic OH excluding ortho intramolecular Hbond substituents is 1. The molecule has 1 aliphatic carbocycles. The Hall–Kier alpha value is -3.63. The van der Waals surface area contributed by atoms with Crippen molar-refractivity contribution < 1.29 is 23.7 Å². The normalized spacial score (nSPS) is 25.6. The molecule has 10 heteroatoms. The van der Waals surface area contributed by atoms with Crippen LogP contribution in [-0.4, -0.2) is 63.6 Å². The molecule has 3 fully saturated rings. The summed E-state index contributed by atoms with van der Waals surface area (Å²) in [4.78, 5) is 15.7. The molecule has 2 saturated heterocycles. The Morgan fingerprint density at radius 2 is 2.07 bits per heavy atom. The van der Waals surface area contributed by atoms with E-state index < -0.39 is 17.2 Å². The second kappa shape index (κ2) is 9.46. The molecule has 3 atom stereocenters. The van der Waals surface area contributed by atoms with E-state index in [0.717, 1.165) is 25.9 Å². The third-order valence-electron chi connectivity index (χ3n) is 9.09. The molecular formula is C31H33F2N5O3. The molecule has 0 bridgehead atoms. The summed E-state index contributed by atoms with van der Waals surface area (Å²) < 4.78 is 37.6. The lowest BCUT2D eigenvalue weighted by Gasteiger charge is -2.37. The highest BCUT2D eigenvalue weighted by molar-refractivity contribution is 6.01. The van der Waals surface area contributed by atoms with Crippen molar-refractivity contribution in [3.05, 3.63) is 47.7 Å². The van der Waals surface area contributed by atoms with Crippen LogP contribution in [0.3, 0.4) is 0 Å². The number of hydrogen-bond acceptors (Lipinski definition) is 8. The van der Waals surface area contributed by atoms with Gasteiger partial charge in [-0.2, -0.15) is 9.97 Å². The van der Waals surface area contributed by atoms with Crippen LogP contribution in [0.15, 0.2) is 30.5 Å². The summed E-state index contributed by atoms with van der Waals surface area (Å²) in [7, 11) is 0. The minimum absolute atomic E-state index is 0.0283. The summed E-state index contributed by atoms with van der Waals surface area (Å²) >= 11 is 0. The fourth-order valence-corrected chi connectivity index (χ4v) is 6.82. The predicted octanol–water partition coefficient (Wildman–Crippen LogP) is 4.73. The summed E-state index contributed by atoms with van der Waals surface area (Å²) in [6.45, 7) is 6.86. The zero-order valence-corrected chi connectivity index (χ0v) is 23.2. The van der Waals surface area contributed by atoms with Gasteiger partial charge in [-0.1, -0.05) is 13.0 Å². The van der Waals surface area contributed by atoms with Crippen LogP contribution in [0.25, 0.3) is 32.9 Å². The van der Waals surface area contributed by atoms with Gasteiger partial charge in [0.1, 0.15) is 28.6 Å². The Morgan fingerprint density at radius 3 is 2.80 bits per heavy atom. The van der Waals surface area contributed by atoms with E-state index in [1.165, 1.54) is 24.4 Å². The maximum absolute atomic E-state index is 16.6. The molecule has 4 aromatic rings. The molecule has 3 N–H and O–H groups in total. The van der Waals surface area contributed by atoms with Crippen LogP contribution in [-0.2, 0) is 6.42 Å². The number of fused-ring (bicyclic) bond motifs is 3. The van der Waals surface area contributed by atoms with Crippen LogP contribution >= 0.6 is 0 Å². The quantitative estimate of drug-likeness (QED) is 0.311. The summed E-state index contributed by atoms with van der Waals surface area (Å²) in [6, 6.07) is 5.95. The number of pyridine rings is 1. The van der Waals surface area contributed by atoms with Gasteiger partial charge >= 0.3 is 6.01 Å². The highest BCUT2D eigenvalue weighted by Gasteiger charge is 2.57. The average molecular weight is 562 g/mol. The summed E-state index contributed by atoms with van der Waals surface area (Å²) in [5.74, 6) is -0.153. The fraction of sp³-hybridized carbons (Fsp3) is 0.452.